The van der Waals surface area contributed by atoms with Crippen LogP contribution < -0.4 is 0 Å². The molecule has 0 saturated carbocycles. The van der Waals surface area contributed by atoms with E-state index in [9.17, 15) is 4.79 Å². The van der Waals surface area contributed by atoms with Crippen LogP contribution in [0.3, 0.4) is 0 Å². The van der Waals surface area contributed by atoms with Gasteiger partial charge in [-0.1, -0.05) is 18.2 Å². The number of rotatable bonds is 1. The minimum Gasteiger partial charge on any atom is -0.478 e. The van der Waals surface area contributed by atoms with Gasteiger partial charge in [-0.3, -0.25) is 0 Å². The van der Waals surface area contributed by atoms with Crippen molar-refractivity contribution in [2.45, 2.75) is 6.42 Å². The highest BCUT2D eigenvalue weighted by Gasteiger charge is 2.08. The van der Waals surface area contributed by atoms with E-state index in [0.29, 0.717) is 5.56 Å². The number of fused-ring (bicyclic) bond motifs is 1. The fourth-order valence-electron chi connectivity index (χ4n) is 1.39. The fraction of sp³-hybridized carbons (Fsp3) is 0.100. The molecule has 0 amide bonds. The number of halogens is 1. The monoisotopic (exact) mass is 196 g/mol. The second kappa shape index (κ2) is 3.62. The molecular weight excluding hydrogens is 188 g/mol. The largest absolute Gasteiger partial charge is 0.478 e. The van der Waals surface area contributed by atoms with Crippen LogP contribution in [0.4, 0.5) is 0 Å². The normalized spacial score (nSPS) is 12.0. The van der Waals surface area contributed by atoms with Crippen molar-refractivity contribution in [1.82, 2.24) is 0 Å². The summed E-state index contributed by atoms with van der Waals surface area (Å²) in [6, 6.07) is 5.22. The van der Waals surface area contributed by atoms with Gasteiger partial charge in [-0.15, -0.1) is 12.4 Å². The first-order valence-corrected chi connectivity index (χ1v) is 3.80. The third kappa shape index (κ3) is 1.73. The van der Waals surface area contributed by atoms with E-state index in [0.717, 1.165) is 17.5 Å². The molecule has 68 valence electrons. The van der Waals surface area contributed by atoms with Gasteiger partial charge in [0.2, 0.25) is 0 Å². The Morgan fingerprint density at radius 2 is 2.15 bits per heavy atom. The first kappa shape index (κ1) is 9.81. The molecule has 0 aromatic heterocycles. The summed E-state index contributed by atoms with van der Waals surface area (Å²) in [6.45, 7) is 0. The molecule has 0 heterocycles. The smallest absolute Gasteiger partial charge is 0.335 e. The van der Waals surface area contributed by atoms with E-state index in [1.165, 1.54) is 0 Å². The molecule has 1 aliphatic rings. The maximum atomic E-state index is 10.6. The van der Waals surface area contributed by atoms with Crippen LogP contribution in [0, 0.1) is 0 Å². The van der Waals surface area contributed by atoms with E-state index in [4.69, 9.17) is 5.11 Å². The van der Waals surface area contributed by atoms with Gasteiger partial charge < -0.3 is 5.11 Å². The average Bonchev–Trinajstić information content (AvgIpc) is 2.49. The molecular formula is C10H9ClO2. The van der Waals surface area contributed by atoms with Gasteiger partial charge in [0.15, 0.2) is 0 Å². The maximum absolute atomic E-state index is 10.6. The number of hydrogen-bond donors (Lipinski definition) is 1. The third-order valence-electron chi connectivity index (χ3n) is 2.03. The summed E-state index contributed by atoms with van der Waals surface area (Å²) >= 11 is 0. The molecule has 2 nitrogen and oxygen atoms in total. The van der Waals surface area contributed by atoms with Gasteiger partial charge in [-0.25, -0.2) is 4.79 Å². The Morgan fingerprint density at radius 3 is 2.85 bits per heavy atom. The molecule has 1 aromatic rings. The number of carbonyl (C=O) groups is 1. The molecule has 0 spiro atoms. The maximum Gasteiger partial charge on any atom is 0.335 e. The van der Waals surface area contributed by atoms with Crippen LogP contribution in [0.15, 0.2) is 24.3 Å². The number of allylic oxidation sites excluding steroid dienone is 1. The minimum atomic E-state index is -0.857. The van der Waals surface area contributed by atoms with E-state index in [1.807, 2.05) is 18.2 Å². The van der Waals surface area contributed by atoms with E-state index in [-0.39, 0.29) is 12.4 Å². The number of aromatic carboxylic acids is 1. The Balaban J connectivity index is 0.000000845. The zero-order valence-corrected chi connectivity index (χ0v) is 7.67. The first-order chi connectivity index (χ1) is 5.77. The zero-order chi connectivity index (χ0) is 8.55. The van der Waals surface area contributed by atoms with Crippen molar-refractivity contribution in [1.29, 1.82) is 0 Å². The van der Waals surface area contributed by atoms with Crippen LogP contribution in [-0.2, 0) is 6.42 Å². The predicted octanol–water partition coefficient (Wildman–Crippen LogP) is 2.38. The third-order valence-corrected chi connectivity index (χ3v) is 2.03. The van der Waals surface area contributed by atoms with Crippen molar-refractivity contribution in [2.75, 3.05) is 0 Å². The molecule has 0 radical (unpaired) electrons. The Bertz CT molecular complexity index is 369. The molecule has 0 aliphatic heterocycles. The zero-order valence-electron chi connectivity index (χ0n) is 6.86. The number of benzene rings is 1. The number of hydrogen-bond acceptors (Lipinski definition) is 1. The molecule has 1 aliphatic carbocycles. The van der Waals surface area contributed by atoms with Gasteiger partial charge in [0, 0.05) is 0 Å². The van der Waals surface area contributed by atoms with Gasteiger partial charge >= 0.3 is 5.97 Å². The van der Waals surface area contributed by atoms with Crippen LogP contribution in [-0.4, -0.2) is 11.1 Å². The van der Waals surface area contributed by atoms with Crippen LogP contribution >= 0.6 is 12.4 Å². The molecule has 2 rings (SSSR count). The quantitative estimate of drug-likeness (QED) is 0.749. The lowest BCUT2D eigenvalue weighted by atomic mass is 10.1. The summed E-state index contributed by atoms with van der Waals surface area (Å²) in [5.74, 6) is -0.857. The highest BCUT2D eigenvalue weighted by atomic mass is 35.5. The Morgan fingerprint density at radius 1 is 1.38 bits per heavy atom. The molecule has 3 heteroatoms. The van der Waals surface area contributed by atoms with Crippen molar-refractivity contribution in [2.24, 2.45) is 0 Å². The number of carboxylic acid groups (broad SMARTS) is 1. The van der Waals surface area contributed by atoms with E-state index in [1.54, 1.807) is 12.1 Å². The molecule has 13 heavy (non-hydrogen) atoms. The second-order valence-electron chi connectivity index (χ2n) is 2.83. The van der Waals surface area contributed by atoms with Crippen molar-refractivity contribution < 1.29 is 9.90 Å². The summed E-state index contributed by atoms with van der Waals surface area (Å²) in [5, 5.41) is 8.70. The Hall–Kier alpha value is -1.28. The van der Waals surface area contributed by atoms with Gasteiger partial charge in [0.05, 0.1) is 5.56 Å². The van der Waals surface area contributed by atoms with Crippen LogP contribution in [0.1, 0.15) is 21.5 Å². The summed E-state index contributed by atoms with van der Waals surface area (Å²) in [4.78, 5) is 10.6. The number of carboxylic acids is 1. The summed E-state index contributed by atoms with van der Waals surface area (Å²) in [7, 11) is 0. The van der Waals surface area contributed by atoms with Crippen LogP contribution in [0.25, 0.3) is 6.08 Å². The summed E-state index contributed by atoms with van der Waals surface area (Å²) in [6.07, 6.45) is 4.91. The second-order valence-corrected chi connectivity index (χ2v) is 2.83. The lowest BCUT2D eigenvalue weighted by Gasteiger charge is -1.99. The van der Waals surface area contributed by atoms with Crippen molar-refractivity contribution in [3.63, 3.8) is 0 Å². The Kier molecular flexibility index (Phi) is 2.73. The average molecular weight is 197 g/mol. The SMILES string of the molecule is Cl.O=C(O)c1ccc2c(c1)CC=C2. The molecule has 1 aromatic carbocycles. The van der Waals surface area contributed by atoms with E-state index >= 15 is 0 Å². The van der Waals surface area contributed by atoms with Gasteiger partial charge in [-0.05, 0) is 29.7 Å². The van der Waals surface area contributed by atoms with Crippen molar-refractivity contribution in [3.8, 4) is 0 Å². The van der Waals surface area contributed by atoms with Crippen molar-refractivity contribution in [3.05, 3.63) is 41.0 Å². The molecule has 0 fully saturated rings. The molecule has 0 bridgehead atoms. The van der Waals surface area contributed by atoms with Crippen LogP contribution in [0.2, 0.25) is 0 Å². The minimum absolute atomic E-state index is 0. The fourth-order valence-corrected chi connectivity index (χ4v) is 1.39. The first-order valence-electron chi connectivity index (χ1n) is 3.80. The predicted molar refractivity (Wildman–Crippen MR) is 53.4 cm³/mol. The van der Waals surface area contributed by atoms with Gasteiger partial charge in [0.1, 0.15) is 0 Å². The van der Waals surface area contributed by atoms with Gasteiger partial charge in [0.25, 0.3) is 0 Å². The van der Waals surface area contributed by atoms with Crippen LogP contribution in [0.5, 0.6) is 0 Å². The Labute approximate surface area is 82.3 Å². The lowest BCUT2D eigenvalue weighted by Crippen LogP contribution is -1.97. The van der Waals surface area contributed by atoms with Crippen molar-refractivity contribution >= 4 is 24.5 Å². The highest BCUT2D eigenvalue weighted by molar-refractivity contribution is 5.88. The van der Waals surface area contributed by atoms with Gasteiger partial charge in [-0.2, -0.15) is 0 Å². The highest BCUT2D eigenvalue weighted by Crippen LogP contribution is 2.20. The topological polar surface area (TPSA) is 37.3 Å². The standard InChI is InChI=1S/C10H8O2.ClH/c11-10(12)9-5-4-7-2-1-3-8(7)6-9;/h1-2,4-6H,3H2,(H,11,12);1H. The molecule has 1 N–H and O–H groups in total. The van der Waals surface area contributed by atoms with E-state index in [2.05, 4.69) is 0 Å². The molecule has 0 saturated heterocycles. The lowest BCUT2D eigenvalue weighted by molar-refractivity contribution is 0.0697. The molecule has 0 unspecified atom stereocenters. The summed E-state index contributed by atoms with van der Waals surface area (Å²) in [5.41, 5.74) is 2.62. The molecule has 0 atom stereocenters. The summed E-state index contributed by atoms with van der Waals surface area (Å²) < 4.78 is 0. The van der Waals surface area contributed by atoms with E-state index < -0.39 is 5.97 Å².